The topological polar surface area (TPSA) is 40.5 Å². The van der Waals surface area contributed by atoms with Crippen molar-refractivity contribution in [2.75, 3.05) is 0 Å². The molecule has 0 amide bonds. The van der Waals surface area contributed by atoms with Crippen LogP contribution in [0.2, 0.25) is 0 Å². The summed E-state index contributed by atoms with van der Waals surface area (Å²) in [6.07, 6.45) is 0. The number of hydrogen-bond acceptors (Lipinski definition) is 2. The Balaban J connectivity index is 2.72. The summed E-state index contributed by atoms with van der Waals surface area (Å²) in [5, 5.41) is 19.3. The summed E-state index contributed by atoms with van der Waals surface area (Å²) < 4.78 is 0. The van der Waals surface area contributed by atoms with Gasteiger partial charge in [0.25, 0.3) is 0 Å². The fourth-order valence-electron chi connectivity index (χ4n) is 2.17. The van der Waals surface area contributed by atoms with Crippen molar-refractivity contribution in [2.24, 2.45) is 0 Å². The smallest absolute Gasteiger partial charge is 0.119 e. The summed E-state index contributed by atoms with van der Waals surface area (Å²) in [4.78, 5) is 0. The molecule has 0 aliphatic rings. The van der Waals surface area contributed by atoms with E-state index in [1.54, 1.807) is 18.2 Å². The quantitative estimate of drug-likeness (QED) is 0.781. The molecule has 17 heavy (non-hydrogen) atoms. The minimum Gasteiger partial charge on any atom is -0.508 e. The second-order valence-electron chi connectivity index (χ2n) is 4.39. The molecule has 0 spiro atoms. The van der Waals surface area contributed by atoms with E-state index in [2.05, 4.69) is 0 Å². The Morgan fingerprint density at radius 2 is 1.59 bits per heavy atom. The lowest BCUT2D eigenvalue weighted by Gasteiger charge is -2.14. The van der Waals surface area contributed by atoms with Gasteiger partial charge in [-0.2, -0.15) is 0 Å². The van der Waals surface area contributed by atoms with E-state index in [1.165, 1.54) is 0 Å². The Labute approximate surface area is 101 Å². The maximum atomic E-state index is 9.76. The van der Waals surface area contributed by atoms with E-state index in [0.717, 1.165) is 27.8 Å². The molecule has 2 nitrogen and oxygen atoms in total. The first-order valence-corrected chi connectivity index (χ1v) is 5.60. The highest BCUT2D eigenvalue weighted by Crippen LogP contribution is 2.34. The number of rotatable bonds is 1. The minimum absolute atomic E-state index is 0.257. The van der Waals surface area contributed by atoms with E-state index in [4.69, 9.17) is 0 Å². The van der Waals surface area contributed by atoms with Crippen molar-refractivity contribution in [1.29, 1.82) is 0 Å². The van der Waals surface area contributed by atoms with Crippen LogP contribution in [0.1, 0.15) is 16.7 Å². The zero-order valence-electron chi connectivity index (χ0n) is 10.3. The third-order valence-corrected chi connectivity index (χ3v) is 3.20. The van der Waals surface area contributed by atoms with Gasteiger partial charge in [0, 0.05) is 0 Å². The number of hydrogen-bond donors (Lipinski definition) is 2. The Bertz CT molecular complexity index is 571. The van der Waals surface area contributed by atoms with Gasteiger partial charge in [-0.3, -0.25) is 0 Å². The first-order valence-electron chi connectivity index (χ1n) is 5.60. The lowest BCUT2D eigenvalue weighted by atomic mass is 9.92. The van der Waals surface area contributed by atoms with Crippen molar-refractivity contribution in [2.45, 2.75) is 20.8 Å². The van der Waals surface area contributed by atoms with Crippen molar-refractivity contribution in [3.8, 4) is 22.6 Å². The molecule has 0 bridgehead atoms. The van der Waals surface area contributed by atoms with Crippen LogP contribution in [0.15, 0.2) is 30.3 Å². The lowest BCUT2D eigenvalue weighted by molar-refractivity contribution is 0.470. The molecule has 0 aliphatic carbocycles. The highest BCUT2D eigenvalue weighted by molar-refractivity contribution is 5.74. The van der Waals surface area contributed by atoms with Crippen molar-refractivity contribution >= 4 is 0 Å². The SMILES string of the molecule is Cc1cc(O)c(C)c(C)c1-c1cccc(O)c1. The highest BCUT2D eigenvalue weighted by Gasteiger charge is 2.11. The summed E-state index contributed by atoms with van der Waals surface area (Å²) in [6, 6.07) is 8.95. The Morgan fingerprint density at radius 1 is 0.882 bits per heavy atom. The van der Waals surface area contributed by atoms with Crippen molar-refractivity contribution in [1.82, 2.24) is 0 Å². The zero-order chi connectivity index (χ0) is 12.6. The lowest BCUT2D eigenvalue weighted by Crippen LogP contribution is -1.92. The van der Waals surface area contributed by atoms with Gasteiger partial charge in [-0.15, -0.1) is 0 Å². The highest BCUT2D eigenvalue weighted by atomic mass is 16.3. The van der Waals surface area contributed by atoms with E-state index < -0.39 is 0 Å². The molecular formula is C15H16O2. The van der Waals surface area contributed by atoms with E-state index in [0.29, 0.717) is 5.75 Å². The van der Waals surface area contributed by atoms with E-state index >= 15 is 0 Å². The van der Waals surface area contributed by atoms with Gasteiger partial charge in [-0.05, 0) is 66.8 Å². The standard InChI is InChI=1S/C15H16O2/c1-9-7-14(17)10(2)11(3)15(9)12-5-4-6-13(16)8-12/h4-8,16-17H,1-3H3. The first kappa shape index (κ1) is 11.5. The third-order valence-electron chi connectivity index (χ3n) is 3.20. The van der Waals surface area contributed by atoms with Gasteiger partial charge in [-0.25, -0.2) is 0 Å². The average Bonchev–Trinajstić information content (AvgIpc) is 2.26. The first-order chi connectivity index (χ1) is 8.00. The average molecular weight is 228 g/mol. The molecule has 0 heterocycles. The van der Waals surface area contributed by atoms with Gasteiger partial charge in [-0.1, -0.05) is 12.1 Å². The largest absolute Gasteiger partial charge is 0.508 e. The Hall–Kier alpha value is -1.96. The van der Waals surface area contributed by atoms with Crippen LogP contribution >= 0.6 is 0 Å². The molecule has 0 aromatic heterocycles. The molecule has 0 radical (unpaired) electrons. The van der Waals surface area contributed by atoms with E-state index in [9.17, 15) is 10.2 Å². The van der Waals surface area contributed by atoms with Crippen LogP contribution in [0.3, 0.4) is 0 Å². The molecule has 0 fully saturated rings. The second kappa shape index (κ2) is 4.13. The van der Waals surface area contributed by atoms with Crippen molar-refractivity contribution in [3.63, 3.8) is 0 Å². The van der Waals surface area contributed by atoms with Crippen molar-refractivity contribution in [3.05, 3.63) is 47.0 Å². The van der Waals surface area contributed by atoms with Crippen LogP contribution in [0.4, 0.5) is 0 Å². The molecule has 0 saturated carbocycles. The molecular weight excluding hydrogens is 212 g/mol. The summed E-state index contributed by atoms with van der Waals surface area (Å²) in [5.74, 6) is 0.580. The number of phenols is 2. The van der Waals surface area contributed by atoms with Crippen LogP contribution in [-0.4, -0.2) is 10.2 Å². The summed E-state index contributed by atoms with van der Waals surface area (Å²) in [6.45, 7) is 5.85. The molecule has 0 unspecified atom stereocenters. The predicted octanol–water partition coefficient (Wildman–Crippen LogP) is 3.69. The predicted molar refractivity (Wildman–Crippen MR) is 69.4 cm³/mol. The van der Waals surface area contributed by atoms with Gasteiger partial charge in [0.1, 0.15) is 11.5 Å². The van der Waals surface area contributed by atoms with Crippen LogP contribution < -0.4 is 0 Å². The van der Waals surface area contributed by atoms with Crippen molar-refractivity contribution < 1.29 is 10.2 Å². The molecule has 2 heteroatoms. The van der Waals surface area contributed by atoms with Crippen LogP contribution in [-0.2, 0) is 0 Å². The summed E-state index contributed by atoms with van der Waals surface area (Å²) >= 11 is 0. The molecule has 2 aromatic rings. The third kappa shape index (κ3) is 1.98. The molecule has 2 N–H and O–H groups in total. The number of aromatic hydroxyl groups is 2. The van der Waals surface area contributed by atoms with Crippen LogP contribution in [0.5, 0.6) is 11.5 Å². The zero-order valence-corrected chi connectivity index (χ0v) is 10.3. The van der Waals surface area contributed by atoms with Crippen LogP contribution in [0.25, 0.3) is 11.1 Å². The normalized spacial score (nSPS) is 10.5. The second-order valence-corrected chi connectivity index (χ2v) is 4.39. The molecule has 2 rings (SSSR count). The Kier molecular flexibility index (Phi) is 2.80. The van der Waals surface area contributed by atoms with Crippen LogP contribution in [0, 0.1) is 20.8 Å². The van der Waals surface area contributed by atoms with Gasteiger partial charge in [0.2, 0.25) is 0 Å². The maximum Gasteiger partial charge on any atom is 0.119 e. The van der Waals surface area contributed by atoms with Gasteiger partial charge in [0.05, 0.1) is 0 Å². The summed E-state index contributed by atoms with van der Waals surface area (Å²) in [7, 11) is 0. The molecule has 88 valence electrons. The van der Waals surface area contributed by atoms with E-state index in [1.807, 2.05) is 32.9 Å². The molecule has 0 aliphatic heterocycles. The molecule has 0 atom stereocenters. The maximum absolute atomic E-state index is 9.76. The minimum atomic E-state index is 0.257. The summed E-state index contributed by atoms with van der Waals surface area (Å²) in [5.41, 5.74) is 5.00. The molecule has 0 saturated heterocycles. The van der Waals surface area contributed by atoms with Gasteiger partial charge in [0.15, 0.2) is 0 Å². The number of benzene rings is 2. The number of phenolic OH excluding ortho intramolecular Hbond substituents is 2. The Morgan fingerprint density at radius 3 is 2.24 bits per heavy atom. The fourth-order valence-corrected chi connectivity index (χ4v) is 2.17. The number of aryl methyl sites for hydroxylation is 1. The monoisotopic (exact) mass is 228 g/mol. The van der Waals surface area contributed by atoms with Gasteiger partial charge < -0.3 is 10.2 Å². The van der Waals surface area contributed by atoms with Gasteiger partial charge >= 0.3 is 0 Å². The van der Waals surface area contributed by atoms with E-state index in [-0.39, 0.29) is 5.75 Å². The fraction of sp³-hybridized carbons (Fsp3) is 0.200. The molecule has 2 aromatic carbocycles.